The SMILES string of the molecule is COc1ccccc1CNC(=O)COC(=O)/C=C/c1cccc(C)c1. The van der Waals surface area contributed by atoms with Gasteiger partial charge in [-0.2, -0.15) is 0 Å². The molecule has 0 aromatic heterocycles. The summed E-state index contributed by atoms with van der Waals surface area (Å²) < 4.78 is 10.1. The normalized spacial score (nSPS) is 10.5. The van der Waals surface area contributed by atoms with Gasteiger partial charge in [0.25, 0.3) is 5.91 Å². The van der Waals surface area contributed by atoms with E-state index in [1.807, 2.05) is 55.5 Å². The second-order valence-electron chi connectivity index (χ2n) is 5.44. The number of carbonyl (C=O) groups excluding carboxylic acids is 2. The van der Waals surface area contributed by atoms with Crippen LogP contribution in [0.5, 0.6) is 5.75 Å². The Balaban J connectivity index is 1.76. The Bertz CT molecular complexity index is 768. The van der Waals surface area contributed by atoms with Crippen molar-refractivity contribution in [2.24, 2.45) is 0 Å². The van der Waals surface area contributed by atoms with E-state index in [0.717, 1.165) is 16.7 Å². The summed E-state index contributed by atoms with van der Waals surface area (Å²) in [4.78, 5) is 23.5. The van der Waals surface area contributed by atoms with Crippen LogP contribution in [0.2, 0.25) is 0 Å². The molecule has 5 heteroatoms. The predicted molar refractivity (Wildman–Crippen MR) is 96.0 cm³/mol. The molecule has 1 N–H and O–H groups in total. The van der Waals surface area contributed by atoms with Crippen LogP contribution in [0.15, 0.2) is 54.6 Å². The molecule has 0 saturated carbocycles. The maximum Gasteiger partial charge on any atom is 0.331 e. The van der Waals surface area contributed by atoms with E-state index in [1.165, 1.54) is 6.08 Å². The fourth-order valence-electron chi connectivity index (χ4n) is 2.22. The standard InChI is InChI=1S/C20H21NO4/c1-15-6-5-7-16(12-15)10-11-20(23)25-14-19(22)21-13-17-8-3-4-9-18(17)24-2/h3-12H,13-14H2,1-2H3,(H,21,22)/b11-10+. The van der Waals surface area contributed by atoms with Crippen molar-refractivity contribution in [1.29, 1.82) is 0 Å². The molecule has 1 amide bonds. The maximum atomic E-state index is 11.8. The van der Waals surface area contributed by atoms with Crippen LogP contribution in [0.25, 0.3) is 6.08 Å². The Labute approximate surface area is 147 Å². The number of hydrogen-bond acceptors (Lipinski definition) is 4. The molecule has 0 fully saturated rings. The van der Waals surface area contributed by atoms with Gasteiger partial charge in [-0.3, -0.25) is 4.79 Å². The van der Waals surface area contributed by atoms with E-state index in [4.69, 9.17) is 9.47 Å². The van der Waals surface area contributed by atoms with Gasteiger partial charge in [0, 0.05) is 18.2 Å². The third-order valence-corrected chi connectivity index (χ3v) is 3.47. The van der Waals surface area contributed by atoms with Crippen molar-refractivity contribution in [3.8, 4) is 5.75 Å². The minimum atomic E-state index is -0.561. The second-order valence-corrected chi connectivity index (χ2v) is 5.44. The maximum absolute atomic E-state index is 11.8. The van der Waals surface area contributed by atoms with E-state index in [9.17, 15) is 9.59 Å². The number of carbonyl (C=O) groups is 2. The molecule has 0 spiro atoms. The Kier molecular flexibility index (Phi) is 6.77. The fraction of sp³-hybridized carbons (Fsp3) is 0.200. The first kappa shape index (κ1) is 18.3. The highest BCUT2D eigenvalue weighted by Gasteiger charge is 2.07. The molecule has 0 atom stereocenters. The predicted octanol–water partition coefficient (Wildman–Crippen LogP) is 2.88. The van der Waals surface area contributed by atoms with Crippen molar-refractivity contribution in [3.63, 3.8) is 0 Å². The molecule has 25 heavy (non-hydrogen) atoms. The number of amides is 1. The van der Waals surface area contributed by atoms with Crippen LogP contribution in [0, 0.1) is 6.92 Å². The Hall–Kier alpha value is -3.08. The molecule has 0 saturated heterocycles. The molecular formula is C20H21NO4. The highest BCUT2D eigenvalue weighted by molar-refractivity contribution is 5.89. The lowest BCUT2D eigenvalue weighted by Gasteiger charge is -2.09. The number of methoxy groups -OCH3 is 1. The number of esters is 1. The number of benzene rings is 2. The summed E-state index contributed by atoms with van der Waals surface area (Å²) in [6, 6.07) is 15.1. The Morgan fingerprint density at radius 1 is 1.12 bits per heavy atom. The lowest BCUT2D eigenvalue weighted by Crippen LogP contribution is -2.28. The van der Waals surface area contributed by atoms with E-state index < -0.39 is 5.97 Å². The number of nitrogens with one attached hydrogen (secondary N) is 1. The van der Waals surface area contributed by atoms with Gasteiger partial charge in [0.05, 0.1) is 7.11 Å². The summed E-state index contributed by atoms with van der Waals surface area (Å²) in [6.45, 7) is 1.95. The largest absolute Gasteiger partial charge is 0.496 e. The number of para-hydroxylation sites is 1. The van der Waals surface area contributed by atoms with Crippen molar-refractivity contribution in [2.75, 3.05) is 13.7 Å². The quantitative estimate of drug-likeness (QED) is 0.622. The van der Waals surface area contributed by atoms with Gasteiger partial charge >= 0.3 is 5.97 Å². The molecule has 0 bridgehead atoms. The van der Waals surface area contributed by atoms with Crippen LogP contribution in [-0.2, 0) is 20.9 Å². The van der Waals surface area contributed by atoms with Crippen LogP contribution in [0.4, 0.5) is 0 Å². The number of ether oxygens (including phenoxy) is 2. The summed E-state index contributed by atoms with van der Waals surface area (Å²) >= 11 is 0. The molecule has 0 radical (unpaired) electrons. The Morgan fingerprint density at radius 2 is 1.92 bits per heavy atom. The highest BCUT2D eigenvalue weighted by atomic mass is 16.5. The van der Waals surface area contributed by atoms with Crippen LogP contribution in [0.3, 0.4) is 0 Å². The molecule has 2 aromatic rings. The highest BCUT2D eigenvalue weighted by Crippen LogP contribution is 2.16. The molecular weight excluding hydrogens is 318 g/mol. The van der Waals surface area contributed by atoms with Gasteiger partial charge in [0.1, 0.15) is 5.75 Å². The van der Waals surface area contributed by atoms with Crippen LogP contribution >= 0.6 is 0 Å². The summed E-state index contributed by atoms with van der Waals surface area (Å²) in [7, 11) is 1.57. The smallest absolute Gasteiger partial charge is 0.331 e. The van der Waals surface area contributed by atoms with Gasteiger partial charge < -0.3 is 14.8 Å². The average Bonchev–Trinajstić information content (AvgIpc) is 2.63. The van der Waals surface area contributed by atoms with Crippen LogP contribution in [0.1, 0.15) is 16.7 Å². The number of hydrogen-bond donors (Lipinski definition) is 1. The molecule has 2 rings (SSSR count). The van der Waals surface area contributed by atoms with Crippen molar-refractivity contribution in [2.45, 2.75) is 13.5 Å². The lowest BCUT2D eigenvalue weighted by atomic mass is 10.1. The van der Waals surface area contributed by atoms with Crippen LogP contribution < -0.4 is 10.1 Å². The first-order valence-corrected chi connectivity index (χ1v) is 7.88. The van der Waals surface area contributed by atoms with E-state index in [2.05, 4.69) is 5.32 Å². The molecule has 0 heterocycles. The number of aryl methyl sites for hydroxylation is 1. The summed E-state index contributed by atoms with van der Waals surface area (Å²) in [5.74, 6) is -0.238. The monoisotopic (exact) mass is 339 g/mol. The first-order chi connectivity index (χ1) is 12.1. The third kappa shape index (κ3) is 6.14. The summed E-state index contributed by atoms with van der Waals surface area (Å²) in [6.07, 6.45) is 2.96. The van der Waals surface area contributed by atoms with Crippen molar-refractivity contribution in [3.05, 3.63) is 71.3 Å². The summed E-state index contributed by atoms with van der Waals surface area (Å²) in [5, 5.41) is 2.69. The van der Waals surface area contributed by atoms with Crippen molar-refractivity contribution in [1.82, 2.24) is 5.32 Å². The van der Waals surface area contributed by atoms with Crippen molar-refractivity contribution < 1.29 is 19.1 Å². The molecule has 2 aromatic carbocycles. The van der Waals surface area contributed by atoms with Gasteiger partial charge in [-0.05, 0) is 24.6 Å². The van der Waals surface area contributed by atoms with Crippen molar-refractivity contribution >= 4 is 18.0 Å². The minimum Gasteiger partial charge on any atom is -0.496 e. The average molecular weight is 339 g/mol. The zero-order chi connectivity index (χ0) is 18.1. The van der Waals surface area contributed by atoms with Gasteiger partial charge in [0.2, 0.25) is 0 Å². The van der Waals surface area contributed by atoms with E-state index >= 15 is 0 Å². The second kappa shape index (κ2) is 9.27. The minimum absolute atomic E-state index is 0.305. The van der Waals surface area contributed by atoms with E-state index in [0.29, 0.717) is 12.3 Å². The van der Waals surface area contributed by atoms with Gasteiger partial charge in [-0.1, -0.05) is 48.0 Å². The Morgan fingerprint density at radius 3 is 2.68 bits per heavy atom. The number of rotatable bonds is 7. The van der Waals surface area contributed by atoms with E-state index in [-0.39, 0.29) is 12.5 Å². The molecule has 0 aliphatic heterocycles. The molecule has 130 valence electrons. The molecule has 0 aliphatic rings. The lowest BCUT2D eigenvalue weighted by molar-refractivity contribution is -0.143. The van der Waals surface area contributed by atoms with Gasteiger partial charge in [-0.15, -0.1) is 0 Å². The van der Waals surface area contributed by atoms with Gasteiger partial charge in [-0.25, -0.2) is 4.79 Å². The van der Waals surface area contributed by atoms with Gasteiger partial charge in [0.15, 0.2) is 6.61 Å². The van der Waals surface area contributed by atoms with Crippen LogP contribution in [-0.4, -0.2) is 25.6 Å². The summed E-state index contributed by atoms with van der Waals surface area (Å²) in [5.41, 5.74) is 2.85. The van der Waals surface area contributed by atoms with E-state index in [1.54, 1.807) is 13.2 Å². The zero-order valence-electron chi connectivity index (χ0n) is 14.3. The topological polar surface area (TPSA) is 64.6 Å². The molecule has 0 unspecified atom stereocenters. The molecule has 5 nitrogen and oxygen atoms in total. The first-order valence-electron chi connectivity index (χ1n) is 7.88. The zero-order valence-corrected chi connectivity index (χ0v) is 14.3. The molecule has 0 aliphatic carbocycles. The third-order valence-electron chi connectivity index (χ3n) is 3.47. The fourth-order valence-corrected chi connectivity index (χ4v) is 2.22.